The third-order valence-corrected chi connectivity index (χ3v) is 17.9. The molecule has 1 saturated heterocycles. The fourth-order valence-corrected chi connectivity index (χ4v) is 11.4. The third-order valence-electron chi connectivity index (χ3n) is 13.6. The molecule has 3 aliphatic carbocycles. The molecule has 19 nitrogen and oxygen atoms in total. The number of nitrogens with one attached hydrogen (secondary N) is 4. The second-order valence-electron chi connectivity index (χ2n) is 18.4. The van der Waals surface area contributed by atoms with Gasteiger partial charge in [-0.05, 0) is 83.4 Å². The van der Waals surface area contributed by atoms with Crippen LogP contribution in [0.25, 0.3) is 10.9 Å². The standard InChI is InChI=1S/C41H49F3N6O13S2/c1-37(13-14-37)64(57,58)48-34(53)40-18-22(40)9-7-5-4-6-8-10-26(46-35(54)55)33(52)50-21-39(19-27(50)32(51)47-40)20-28(62-36(56)49-65(59,60)38(2)15-16-38)29-24-17-23(61-3)11-12-25(24)45-31(30(29)63-39)41(42,43)44/h7,9,11-12,17,22,26-28,46H,4-6,8,10,13-16,18-21H2,1-3H3,(H,47,51)(H,48,53)(H,49,56)(H,54,55)/t22-,26+,27+,28-,39+,40-/m1/s1. The van der Waals surface area contributed by atoms with Crippen LogP contribution in [0, 0.1) is 5.92 Å². The maximum absolute atomic E-state index is 15.2. The molecule has 3 saturated carbocycles. The van der Waals surface area contributed by atoms with Gasteiger partial charge < -0.3 is 34.9 Å². The molecule has 1 aromatic carbocycles. The number of carboxylic acid groups (broad SMARTS) is 1. The Balaban J connectivity index is 1.23. The highest BCUT2D eigenvalue weighted by Gasteiger charge is 2.64. The lowest BCUT2D eigenvalue weighted by atomic mass is 9.84. The third kappa shape index (κ3) is 8.62. The molecule has 8 rings (SSSR count). The number of halogens is 3. The van der Waals surface area contributed by atoms with Gasteiger partial charge in [-0.1, -0.05) is 25.0 Å². The van der Waals surface area contributed by atoms with E-state index in [0.717, 1.165) is 4.90 Å². The normalized spacial score (nSPS) is 29.4. The van der Waals surface area contributed by atoms with Gasteiger partial charge in [-0.25, -0.2) is 36.1 Å². The van der Waals surface area contributed by atoms with Crippen LogP contribution in [0.4, 0.5) is 22.8 Å². The zero-order chi connectivity index (χ0) is 47.1. The molecule has 24 heteroatoms. The number of amides is 5. The Labute approximate surface area is 371 Å². The van der Waals surface area contributed by atoms with Gasteiger partial charge in [-0.2, -0.15) is 13.2 Å². The molecule has 0 radical (unpaired) electrons. The molecule has 5 N–H and O–H groups in total. The molecule has 4 fully saturated rings. The highest BCUT2D eigenvalue weighted by Crippen LogP contribution is 2.54. The van der Waals surface area contributed by atoms with Crippen molar-refractivity contribution in [3.63, 3.8) is 0 Å². The number of ether oxygens (including phenoxy) is 3. The average molecular weight is 955 g/mol. The number of allylic oxidation sites excluding steroid dienone is 1. The van der Waals surface area contributed by atoms with E-state index in [9.17, 15) is 45.9 Å². The molecule has 354 valence electrons. The monoisotopic (exact) mass is 954 g/mol. The zero-order valence-electron chi connectivity index (χ0n) is 35.6. The van der Waals surface area contributed by atoms with E-state index in [1.807, 2.05) is 4.72 Å². The summed E-state index contributed by atoms with van der Waals surface area (Å²) in [6.07, 6.45) is -4.96. The minimum atomic E-state index is -5.23. The molecule has 1 spiro atoms. The lowest BCUT2D eigenvalue weighted by molar-refractivity contribution is -0.145. The molecular weight excluding hydrogens is 906 g/mol. The molecule has 0 bridgehead atoms. The smallest absolute Gasteiger partial charge is 0.437 e. The van der Waals surface area contributed by atoms with E-state index in [1.54, 1.807) is 12.2 Å². The van der Waals surface area contributed by atoms with Crippen LogP contribution in [-0.2, 0) is 45.3 Å². The Morgan fingerprint density at radius 3 is 2.28 bits per heavy atom. The summed E-state index contributed by atoms with van der Waals surface area (Å²) < 4.78 is 117. The van der Waals surface area contributed by atoms with Gasteiger partial charge in [0.05, 0.1) is 28.7 Å². The summed E-state index contributed by atoms with van der Waals surface area (Å²) in [7, 11) is -7.24. The Morgan fingerprint density at radius 1 is 0.969 bits per heavy atom. The molecule has 6 atom stereocenters. The Hall–Kier alpha value is -5.39. The van der Waals surface area contributed by atoms with Crippen LogP contribution in [-0.4, -0.2) is 108 Å². The van der Waals surface area contributed by atoms with Gasteiger partial charge in [0.1, 0.15) is 35.1 Å². The molecule has 5 amide bonds. The lowest BCUT2D eigenvalue weighted by Crippen LogP contribution is -2.58. The maximum atomic E-state index is 15.2. The van der Waals surface area contributed by atoms with Gasteiger partial charge in [-0.3, -0.25) is 19.1 Å². The highest BCUT2D eigenvalue weighted by molar-refractivity contribution is 7.92. The van der Waals surface area contributed by atoms with Gasteiger partial charge in [0, 0.05) is 29.7 Å². The molecule has 2 aromatic rings. The summed E-state index contributed by atoms with van der Waals surface area (Å²) in [4.78, 5) is 73.9. The van der Waals surface area contributed by atoms with E-state index < -0.39 is 132 Å². The Bertz CT molecular complexity index is 2620. The van der Waals surface area contributed by atoms with Crippen LogP contribution in [0.3, 0.4) is 0 Å². The fraction of sp³-hybridized carbons (Fsp3) is 0.610. The van der Waals surface area contributed by atoms with E-state index >= 15 is 13.2 Å². The second-order valence-corrected chi connectivity index (χ2v) is 22.8. The number of hydrogen-bond acceptors (Lipinski definition) is 13. The molecule has 6 aliphatic rings. The summed E-state index contributed by atoms with van der Waals surface area (Å²) in [5.74, 6) is -4.52. The SMILES string of the molecule is COc1ccc2nc(C(F)(F)F)c3c(c2c1)[C@H](OC(=O)NS(=O)(=O)C1(C)CC1)C[C@]1(C[C@H]2C(=O)N[C@]4(C(=O)NS(=O)(=O)C5(C)CC5)C[C@H]4C=CCCCCC[C@H](NC(=O)O)C(=O)N2C1)O3. The summed E-state index contributed by atoms with van der Waals surface area (Å²) >= 11 is 0. The number of pyridine rings is 1. The van der Waals surface area contributed by atoms with Crippen LogP contribution >= 0.6 is 0 Å². The number of benzene rings is 1. The first-order valence-corrected chi connectivity index (χ1v) is 24.2. The quantitative estimate of drug-likeness (QED) is 0.234. The number of fused-ring (bicyclic) bond motifs is 5. The van der Waals surface area contributed by atoms with Crippen LogP contribution < -0.4 is 29.6 Å². The lowest BCUT2D eigenvalue weighted by Gasteiger charge is -2.40. The van der Waals surface area contributed by atoms with Crippen LogP contribution in [0.15, 0.2) is 30.4 Å². The average Bonchev–Trinajstić information content (AvgIpc) is 4.18. The van der Waals surface area contributed by atoms with Crippen molar-refractivity contribution in [2.75, 3.05) is 13.7 Å². The first-order valence-electron chi connectivity index (χ1n) is 21.2. The largest absolute Gasteiger partial charge is 0.497 e. The molecule has 1 aromatic heterocycles. The minimum Gasteiger partial charge on any atom is -0.497 e. The van der Waals surface area contributed by atoms with Crippen molar-refractivity contribution >= 4 is 60.9 Å². The van der Waals surface area contributed by atoms with E-state index in [0.29, 0.717) is 38.5 Å². The van der Waals surface area contributed by atoms with E-state index in [2.05, 4.69) is 20.3 Å². The predicted molar refractivity (Wildman–Crippen MR) is 221 cm³/mol. The molecule has 0 unspecified atom stereocenters. The highest BCUT2D eigenvalue weighted by atomic mass is 32.2. The van der Waals surface area contributed by atoms with Gasteiger partial charge >= 0.3 is 18.4 Å². The number of methoxy groups -OCH3 is 1. The van der Waals surface area contributed by atoms with Gasteiger partial charge in [0.2, 0.25) is 31.9 Å². The molecule has 4 heterocycles. The summed E-state index contributed by atoms with van der Waals surface area (Å²) in [6.45, 7) is 2.16. The predicted octanol–water partition coefficient (Wildman–Crippen LogP) is 4.06. The first-order chi connectivity index (χ1) is 30.4. The number of carbonyl (C=O) groups is 5. The summed E-state index contributed by atoms with van der Waals surface area (Å²) in [5.41, 5.74) is -6.07. The van der Waals surface area contributed by atoms with Crippen molar-refractivity contribution < 1.29 is 73.3 Å². The Morgan fingerprint density at radius 2 is 1.65 bits per heavy atom. The minimum absolute atomic E-state index is 0.0276. The first kappa shape index (κ1) is 46.2. The number of hydrogen-bond donors (Lipinski definition) is 5. The van der Waals surface area contributed by atoms with Crippen molar-refractivity contribution in [1.82, 2.24) is 30.0 Å². The van der Waals surface area contributed by atoms with E-state index in [-0.39, 0.29) is 47.9 Å². The number of nitrogens with zero attached hydrogens (tertiary/aromatic N) is 2. The van der Waals surface area contributed by atoms with Gasteiger partial charge in [0.15, 0.2) is 11.4 Å². The summed E-state index contributed by atoms with van der Waals surface area (Å²) in [6, 6.07) is 0.733. The molecular formula is C41H49F3N6O13S2. The maximum Gasteiger partial charge on any atom is 0.437 e. The van der Waals surface area contributed by atoms with Crippen LogP contribution in [0.1, 0.15) is 108 Å². The number of alkyl halides is 3. The number of aromatic nitrogens is 1. The topological polar surface area (TPSA) is 266 Å². The summed E-state index contributed by atoms with van der Waals surface area (Å²) in [5, 5.41) is 14.6. The second kappa shape index (κ2) is 15.9. The van der Waals surface area contributed by atoms with Gasteiger partial charge in [-0.15, -0.1) is 0 Å². The van der Waals surface area contributed by atoms with Crippen molar-refractivity contribution in [2.45, 2.75) is 136 Å². The van der Waals surface area contributed by atoms with Crippen molar-refractivity contribution in [3.8, 4) is 11.5 Å². The number of rotatable bonds is 8. The van der Waals surface area contributed by atoms with Crippen molar-refractivity contribution in [2.24, 2.45) is 5.92 Å². The number of sulfonamides is 2. The van der Waals surface area contributed by atoms with Crippen LogP contribution in [0.5, 0.6) is 11.5 Å². The van der Waals surface area contributed by atoms with Gasteiger partial charge in [0.25, 0.3) is 5.91 Å². The Kier molecular flexibility index (Phi) is 11.3. The van der Waals surface area contributed by atoms with Crippen molar-refractivity contribution in [3.05, 3.63) is 41.6 Å². The number of carbonyl (C=O) groups excluding carboxylic acids is 4. The molecule has 3 aliphatic heterocycles. The van der Waals surface area contributed by atoms with Crippen LogP contribution in [0.2, 0.25) is 0 Å². The van der Waals surface area contributed by atoms with Crippen molar-refractivity contribution in [1.29, 1.82) is 0 Å². The van der Waals surface area contributed by atoms with E-state index in [1.165, 1.54) is 39.2 Å². The van der Waals surface area contributed by atoms with E-state index in [4.69, 9.17) is 14.2 Å². The molecule has 65 heavy (non-hydrogen) atoms. The zero-order valence-corrected chi connectivity index (χ0v) is 37.2. The fourth-order valence-electron chi connectivity index (χ4n) is 8.98.